The summed E-state index contributed by atoms with van der Waals surface area (Å²) in [6.07, 6.45) is 0. The van der Waals surface area contributed by atoms with Crippen molar-refractivity contribution in [2.45, 2.75) is 6.54 Å². The van der Waals surface area contributed by atoms with E-state index in [0.29, 0.717) is 24.2 Å². The van der Waals surface area contributed by atoms with E-state index in [1.54, 1.807) is 6.07 Å². The summed E-state index contributed by atoms with van der Waals surface area (Å²) in [5.74, 6) is 1.26. The number of nitrogens with zero attached hydrogens (tertiary/aromatic N) is 4. The van der Waals surface area contributed by atoms with E-state index in [2.05, 4.69) is 19.7 Å². The van der Waals surface area contributed by atoms with Gasteiger partial charge in [-0.1, -0.05) is 11.6 Å². The Kier molecular flexibility index (Phi) is 3.54. The molecule has 2 heterocycles. The van der Waals surface area contributed by atoms with E-state index in [9.17, 15) is 0 Å². The first kappa shape index (κ1) is 11.1. The zero-order valence-electron chi connectivity index (χ0n) is 8.69. The van der Waals surface area contributed by atoms with Crippen LogP contribution in [0.3, 0.4) is 0 Å². The maximum atomic E-state index is 6.79. The number of anilines is 1. The molecule has 1 aliphatic rings. The molecule has 1 aromatic heterocycles. The Morgan fingerprint density at radius 3 is 2.88 bits per heavy atom. The predicted molar refractivity (Wildman–Crippen MR) is 60.4 cm³/mol. The van der Waals surface area contributed by atoms with Crippen molar-refractivity contribution in [3.63, 3.8) is 0 Å². The largest absolute Gasteiger partial charge is 0.378 e. The van der Waals surface area contributed by atoms with Crippen molar-refractivity contribution in [1.29, 1.82) is 0 Å². The van der Waals surface area contributed by atoms with Crippen LogP contribution in [0.5, 0.6) is 0 Å². The van der Waals surface area contributed by atoms with E-state index in [4.69, 9.17) is 22.9 Å². The van der Waals surface area contributed by atoms with Crippen LogP contribution in [-0.2, 0) is 11.3 Å². The molecule has 0 bridgehead atoms. The summed E-state index contributed by atoms with van der Waals surface area (Å²) >= 11 is 5.89. The van der Waals surface area contributed by atoms with Gasteiger partial charge in [-0.15, -0.1) is 0 Å². The highest BCUT2D eigenvalue weighted by Gasteiger charge is 2.14. The second kappa shape index (κ2) is 5.10. The van der Waals surface area contributed by atoms with Gasteiger partial charge in [0.1, 0.15) is 11.0 Å². The molecule has 2 rings (SSSR count). The standard InChI is InChI=1S/C10H11ClN4O/c1-12-7-9-13-8(11)6-10(14-9)15-2-4-16-5-3-15/h6H,2-5,7H2. The fraction of sp³-hybridized carbons (Fsp3) is 0.500. The third kappa shape index (κ3) is 2.60. The summed E-state index contributed by atoms with van der Waals surface area (Å²) in [6.45, 7) is 9.94. The van der Waals surface area contributed by atoms with E-state index in [-0.39, 0.29) is 6.54 Å². The van der Waals surface area contributed by atoms with Gasteiger partial charge < -0.3 is 14.5 Å². The Bertz CT molecular complexity index is 412. The van der Waals surface area contributed by atoms with Gasteiger partial charge in [0.2, 0.25) is 5.82 Å². The number of hydrogen-bond donors (Lipinski definition) is 0. The van der Waals surface area contributed by atoms with E-state index in [1.165, 1.54) is 0 Å². The van der Waals surface area contributed by atoms with Crippen LogP contribution >= 0.6 is 11.6 Å². The van der Waals surface area contributed by atoms with Crippen LogP contribution in [-0.4, -0.2) is 36.3 Å². The Morgan fingerprint density at radius 2 is 2.19 bits per heavy atom. The molecule has 1 fully saturated rings. The van der Waals surface area contributed by atoms with Crippen molar-refractivity contribution in [1.82, 2.24) is 9.97 Å². The summed E-state index contributed by atoms with van der Waals surface area (Å²) < 4.78 is 5.26. The molecular formula is C10H11ClN4O. The Labute approximate surface area is 98.8 Å². The molecule has 0 aromatic carbocycles. The number of halogens is 1. The summed E-state index contributed by atoms with van der Waals surface area (Å²) in [4.78, 5) is 13.7. The van der Waals surface area contributed by atoms with Gasteiger partial charge in [0.15, 0.2) is 0 Å². The Balaban J connectivity index is 2.22. The van der Waals surface area contributed by atoms with Gasteiger partial charge >= 0.3 is 0 Å². The highest BCUT2D eigenvalue weighted by atomic mass is 35.5. The smallest absolute Gasteiger partial charge is 0.273 e. The minimum absolute atomic E-state index is 0.165. The van der Waals surface area contributed by atoms with Crippen LogP contribution < -0.4 is 4.90 Å². The fourth-order valence-corrected chi connectivity index (χ4v) is 1.74. The summed E-state index contributed by atoms with van der Waals surface area (Å²) in [5, 5.41) is 0.384. The Hall–Kier alpha value is -1.38. The normalized spacial score (nSPS) is 15.9. The number of rotatable bonds is 2. The second-order valence-electron chi connectivity index (χ2n) is 3.38. The first-order chi connectivity index (χ1) is 7.79. The average Bonchev–Trinajstić information content (AvgIpc) is 2.30. The quantitative estimate of drug-likeness (QED) is 0.577. The number of morpholine rings is 1. The molecular weight excluding hydrogens is 228 g/mol. The maximum Gasteiger partial charge on any atom is 0.273 e. The monoisotopic (exact) mass is 238 g/mol. The first-order valence-corrected chi connectivity index (χ1v) is 5.37. The predicted octanol–water partition coefficient (Wildman–Crippen LogP) is 1.39. The zero-order chi connectivity index (χ0) is 11.4. The molecule has 84 valence electrons. The van der Waals surface area contributed by atoms with Crippen LogP contribution in [0.2, 0.25) is 5.15 Å². The molecule has 6 heteroatoms. The maximum absolute atomic E-state index is 6.79. The summed E-state index contributed by atoms with van der Waals surface area (Å²) in [5.41, 5.74) is 0. The van der Waals surface area contributed by atoms with E-state index < -0.39 is 0 Å². The molecule has 0 unspecified atom stereocenters. The molecule has 0 amide bonds. The number of hydrogen-bond acceptors (Lipinski definition) is 4. The van der Waals surface area contributed by atoms with Crippen molar-refractivity contribution in [2.75, 3.05) is 31.2 Å². The highest BCUT2D eigenvalue weighted by molar-refractivity contribution is 6.29. The SMILES string of the molecule is [C-]#[N+]Cc1nc(Cl)cc(N2CCOCC2)n1. The molecule has 0 aliphatic carbocycles. The molecule has 0 atom stereocenters. The van der Waals surface area contributed by atoms with Gasteiger partial charge in [0.05, 0.1) is 13.2 Å². The van der Waals surface area contributed by atoms with Crippen LogP contribution in [0.1, 0.15) is 5.82 Å². The molecule has 0 radical (unpaired) electrons. The van der Waals surface area contributed by atoms with Gasteiger partial charge in [-0.05, 0) is 0 Å². The van der Waals surface area contributed by atoms with Gasteiger partial charge in [-0.25, -0.2) is 16.5 Å². The lowest BCUT2D eigenvalue weighted by atomic mass is 10.4. The minimum Gasteiger partial charge on any atom is -0.378 e. The molecule has 1 aliphatic heterocycles. The van der Waals surface area contributed by atoms with Crippen molar-refractivity contribution >= 4 is 17.4 Å². The van der Waals surface area contributed by atoms with Gasteiger partial charge in [-0.3, -0.25) is 0 Å². The summed E-state index contributed by atoms with van der Waals surface area (Å²) in [7, 11) is 0. The molecule has 0 spiro atoms. The molecule has 0 saturated carbocycles. The van der Waals surface area contributed by atoms with Crippen molar-refractivity contribution in [2.24, 2.45) is 0 Å². The lowest BCUT2D eigenvalue weighted by Crippen LogP contribution is -2.36. The minimum atomic E-state index is 0.165. The molecule has 16 heavy (non-hydrogen) atoms. The first-order valence-electron chi connectivity index (χ1n) is 4.99. The van der Waals surface area contributed by atoms with E-state index in [1.807, 2.05) is 0 Å². The van der Waals surface area contributed by atoms with Crippen LogP contribution in [0.4, 0.5) is 5.82 Å². The topological polar surface area (TPSA) is 42.6 Å². The summed E-state index contributed by atoms with van der Waals surface area (Å²) in [6, 6.07) is 1.72. The number of ether oxygens (including phenoxy) is 1. The van der Waals surface area contributed by atoms with E-state index >= 15 is 0 Å². The van der Waals surface area contributed by atoms with Gasteiger partial charge in [-0.2, -0.15) is 0 Å². The van der Waals surface area contributed by atoms with Gasteiger partial charge in [0, 0.05) is 19.2 Å². The van der Waals surface area contributed by atoms with E-state index in [0.717, 1.165) is 18.9 Å². The average molecular weight is 239 g/mol. The highest BCUT2D eigenvalue weighted by Crippen LogP contribution is 2.17. The Morgan fingerprint density at radius 1 is 1.44 bits per heavy atom. The molecule has 1 saturated heterocycles. The molecule has 5 nitrogen and oxygen atoms in total. The van der Waals surface area contributed by atoms with Crippen LogP contribution in [0, 0.1) is 6.57 Å². The van der Waals surface area contributed by atoms with Crippen molar-refractivity contribution < 1.29 is 4.74 Å². The van der Waals surface area contributed by atoms with Crippen LogP contribution in [0.15, 0.2) is 6.07 Å². The van der Waals surface area contributed by atoms with Crippen LogP contribution in [0.25, 0.3) is 4.85 Å². The molecule has 0 N–H and O–H groups in total. The van der Waals surface area contributed by atoms with Gasteiger partial charge in [0.25, 0.3) is 6.54 Å². The van der Waals surface area contributed by atoms with Crippen molar-refractivity contribution in [3.8, 4) is 0 Å². The van der Waals surface area contributed by atoms with Crippen molar-refractivity contribution in [3.05, 3.63) is 28.5 Å². The lowest BCUT2D eigenvalue weighted by molar-refractivity contribution is 0.122. The second-order valence-corrected chi connectivity index (χ2v) is 3.77. The zero-order valence-corrected chi connectivity index (χ0v) is 9.44. The third-order valence-electron chi connectivity index (χ3n) is 2.28. The number of aromatic nitrogens is 2. The third-order valence-corrected chi connectivity index (χ3v) is 2.48. The fourth-order valence-electron chi connectivity index (χ4n) is 1.55. The molecule has 1 aromatic rings. The lowest BCUT2D eigenvalue weighted by Gasteiger charge is -2.27.